The highest BCUT2D eigenvalue weighted by Gasteiger charge is 2.33. The molecule has 0 saturated carbocycles. The lowest BCUT2D eigenvalue weighted by atomic mass is 9.96. The molecule has 1 aliphatic rings. The Hall–Kier alpha value is -1.72. The van der Waals surface area contributed by atoms with Crippen molar-refractivity contribution >= 4 is 29.3 Å². The minimum absolute atomic E-state index is 0.117. The number of amidine groups is 1. The van der Waals surface area contributed by atoms with E-state index in [9.17, 15) is 9.59 Å². The highest BCUT2D eigenvalue weighted by Crippen LogP contribution is 2.22. The van der Waals surface area contributed by atoms with Crippen LogP contribution in [0, 0.1) is 0 Å². The fourth-order valence-corrected chi connectivity index (χ4v) is 2.12. The third-order valence-electron chi connectivity index (χ3n) is 3.21. The smallest absolute Gasteiger partial charge is 0.264 e. The van der Waals surface area contributed by atoms with E-state index in [1.54, 1.807) is 24.3 Å². The summed E-state index contributed by atoms with van der Waals surface area (Å²) in [6, 6.07) is 6.48. The van der Waals surface area contributed by atoms with Crippen LogP contribution >= 0.6 is 11.6 Å². The van der Waals surface area contributed by atoms with Crippen LogP contribution in [0.4, 0.5) is 0 Å². The molecule has 20 heavy (non-hydrogen) atoms. The van der Waals surface area contributed by atoms with Crippen LogP contribution in [-0.4, -0.2) is 23.7 Å². The van der Waals surface area contributed by atoms with Gasteiger partial charge in [-0.05, 0) is 24.1 Å². The summed E-state index contributed by atoms with van der Waals surface area (Å²) in [5.74, 6) is -1.39. The summed E-state index contributed by atoms with van der Waals surface area (Å²) in [5, 5.41) is 3.20. The van der Waals surface area contributed by atoms with Crippen molar-refractivity contribution in [3.63, 3.8) is 0 Å². The third-order valence-corrected chi connectivity index (χ3v) is 3.46. The molecule has 0 spiro atoms. The zero-order chi connectivity index (χ0) is 14.7. The van der Waals surface area contributed by atoms with E-state index in [-0.39, 0.29) is 11.9 Å². The average molecular weight is 294 g/mol. The molecule has 0 aromatic heterocycles. The highest BCUT2D eigenvalue weighted by molar-refractivity contribution is 6.30. The largest absolute Gasteiger partial charge is 0.327 e. The van der Waals surface area contributed by atoms with E-state index in [0.29, 0.717) is 22.8 Å². The molecule has 6 heteroatoms. The van der Waals surface area contributed by atoms with E-state index in [1.165, 1.54) is 0 Å². The normalized spacial score (nSPS) is 20.4. The molecule has 3 N–H and O–H groups in total. The van der Waals surface area contributed by atoms with Gasteiger partial charge in [-0.25, -0.2) is 0 Å². The van der Waals surface area contributed by atoms with Crippen molar-refractivity contribution in [2.24, 2.45) is 10.7 Å². The number of aliphatic imine (C=N–C) groups is 1. The van der Waals surface area contributed by atoms with Crippen molar-refractivity contribution in [2.45, 2.75) is 31.7 Å². The molecule has 2 amide bonds. The quantitative estimate of drug-likeness (QED) is 0.827. The summed E-state index contributed by atoms with van der Waals surface area (Å²) < 4.78 is 0. The summed E-state index contributed by atoms with van der Waals surface area (Å²) in [4.78, 5) is 28.1. The standard InChI is InChI=1S/C14H16ClN3O2/c1-2-10(16)7-11-17-13(19)12(14(20)18-11)8-3-5-9(15)6-4-8/h3-6,10,12H,2,7,16H2,1H3,(H,17,18,19,20). The first-order valence-electron chi connectivity index (χ1n) is 6.44. The van der Waals surface area contributed by atoms with Crippen molar-refractivity contribution in [3.05, 3.63) is 34.9 Å². The zero-order valence-corrected chi connectivity index (χ0v) is 11.9. The Bertz CT molecular complexity index is 554. The Balaban J connectivity index is 2.20. The van der Waals surface area contributed by atoms with E-state index in [4.69, 9.17) is 17.3 Å². The van der Waals surface area contributed by atoms with Gasteiger partial charge in [-0.2, -0.15) is 4.99 Å². The molecule has 0 saturated heterocycles. The summed E-state index contributed by atoms with van der Waals surface area (Å²) in [6.45, 7) is 1.94. The molecule has 0 bridgehead atoms. The number of amides is 2. The molecular weight excluding hydrogens is 278 g/mol. The monoisotopic (exact) mass is 293 g/mol. The second-order valence-corrected chi connectivity index (χ2v) is 5.18. The van der Waals surface area contributed by atoms with Gasteiger partial charge in [0.05, 0.1) is 0 Å². The molecule has 1 heterocycles. The van der Waals surface area contributed by atoms with Crippen molar-refractivity contribution in [2.75, 3.05) is 0 Å². The minimum atomic E-state index is -0.908. The summed E-state index contributed by atoms with van der Waals surface area (Å²) in [5.41, 5.74) is 6.38. The number of rotatable bonds is 4. The van der Waals surface area contributed by atoms with Crippen LogP contribution in [0.25, 0.3) is 0 Å². The Morgan fingerprint density at radius 3 is 2.55 bits per heavy atom. The van der Waals surface area contributed by atoms with E-state index in [1.807, 2.05) is 6.92 Å². The molecule has 2 rings (SSSR count). The first-order valence-corrected chi connectivity index (χ1v) is 6.82. The van der Waals surface area contributed by atoms with Crippen molar-refractivity contribution in [3.8, 4) is 0 Å². The topological polar surface area (TPSA) is 84.5 Å². The molecule has 1 aromatic carbocycles. The van der Waals surface area contributed by atoms with Crippen LogP contribution in [0.15, 0.2) is 29.3 Å². The van der Waals surface area contributed by atoms with Gasteiger partial charge in [-0.1, -0.05) is 30.7 Å². The van der Waals surface area contributed by atoms with Crippen molar-refractivity contribution < 1.29 is 9.59 Å². The maximum Gasteiger partial charge on any atom is 0.264 e. The fraction of sp³-hybridized carbons (Fsp3) is 0.357. The van der Waals surface area contributed by atoms with E-state index < -0.39 is 11.8 Å². The first-order chi connectivity index (χ1) is 9.51. The molecule has 1 aromatic rings. The maximum absolute atomic E-state index is 12.1. The maximum atomic E-state index is 12.1. The van der Waals surface area contributed by atoms with Gasteiger partial charge in [-0.15, -0.1) is 0 Å². The molecule has 5 nitrogen and oxygen atoms in total. The van der Waals surface area contributed by atoms with Crippen molar-refractivity contribution in [1.29, 1.82) is 0 Å². The predicted molar refractivity (Wildman–Crippen MR) is 77.7 cm³/mol. The number of carbonyl (C=O) groups is 2. The molecule has 0 fully saturated rings. The first kappa shape index (κ1) is 14.7. The SMILES string of the molecule is CCC(N)CC1=NC(=O)C(c2ccc(Cl)cc2)C(=O)N1. The number of nitrogens with two attached hydrogens (primary N) is 1. The van der Waals surface area contributed by atoms with Crippen LogP contribution in [0.5, 0.6) is 0 Å². The Labute approximate surface area is 122 Å². The Morgan fingerprint density at radius 1 is 1.35 bits per heavy atom. The van der Waals surface area contributed by atoms with Gasteiger partial charge in [-0.3, -0.25) is 9.59 Å². The lowest BCUT2D eigenvalue weighted by Crippen LogP contribution is -2.44. The van der Waals surface area contributed by atoms with Gasteiger partial charge in [0.25, 0.3) is 5.91 Å². The average Bonchev–Trinajstić information content (AvgIpc) is 2.40. The van der Waals surface area contributed by atoms with Gasteiger partial charge < -0.3 is 11.1 Å². The summed E-state index contributed by atoms with van der Waals surface area (Å²) in [7, 11) is 0. The fourth-order valence-electron chi connectivity index (χ4n) is 1.99. The number of hydrogen-bond donors (Lipinski definition) is 2. The van der Waals surface area contributed by atoms with Crippen LogP contribution in [0.3, 0.4) is 0 Å². The lowest BCUT2D eigenvalue weighted by Gasteiger charge is -2.21. The van der Waals surface area contributed by atoms with Gasteiger partial charge in [0, 0.05) is 17.5 Å². The number of benzene rings is 1. The van der Waals surface area contributed by atoms with Gasteiger partial charge in [0.15, 0.2) is 0 Å². The molecule has 0 radical (unpaired) electrons. The third kappa shape index (κ3) is 3.23. The summed E-state index contributed by atoms with van der Waals surface area (Å²) in [6.07, 6.45) is 1.14. The van der Waals surface area contributed by atoms with Gasteiger partial charge in [0.2, 0.25) is 5.91 Å². The zero-order valence-electron chi connectivity index (χ0n) is 11.1. The van der Waals surface area contributed by atoms with Gasteiger partial charge in [0.1, 0.15) is 11.8 Å². The van der Waals surface area contributed by atoms with Crippen LogP contribution in [0.1, 0.15) is 31.2 Å². The number of halogens is 1. The molecule has 106 valence electrons. The van der Waals surface area contributed by atoms with E-state index in [0.717, 1.165) is 6.42 Å². The molecule has 2 unspecified atom stereocenters. The van der Waals surface area contributed by atoms with Gasteiger partial charge >= 0.3 is 0 Å². The number of hydrogen-bond acceptors (Lipinski definition) is 3. The number of carbonyl (C=O) groups excluding carboxylic acids is 2. The molecule has 2 atom stereocenters. The van der Waals surface area contributed by atoms with Crippen LogP contribution < -0.4 is 11.1 Å². The highest BCUT2D eigenvalue weighted by atomic mass is 35.5. The predicted octanol–water partition coefficient (Wildman–Crippen LogP) is 1.61. The lowest BCUT2D eigenvalue weighted by molar-refractivity contribution is -0.129. The Morgan fingerprint density at radius 2 is 2.00 bits per heavy atom. The number of nitrogens with zero attached hydrogens (tertiary/aromatic N) is 1. The summed E-state index contributed by atoms with van der Waals surface area (Å²) >= 11 is 5.79. The molecular formula is C14H16ClN3O2. The van der Waals surface area contributed by atoms with Crippen LogP contribution in [0.2, 0.25) is 5.02 Å². The Kier molecular flexibility index (Phi) is 4.52. The van der Waals surface area contributed by atoms with E-state index in [2.05, 4.69) is 10.3 Å². The van der Waals surface area contributed by atoms with E-state index >= 15 is 0 Å². The molecule has 0 aliphatic carbocycles. The molecule has 1 aliphatic heterocycles. The number of nitrogens with one attached hydrogen (secondary N) is 1. The van der Waals surface area contributed by atoms with Crippen LogP contribution in [-0.2, 0) is 9.59 Å². The van der Waals surface area contributed by atoms with Crippen molar-refractivity contribution in [1.82, 2.24) is 5.32 Å². The second-order valence-electron chi connectivity index (χ2n) is 4.74. The minimum Gasteiger partial charge on any atom is -0.327 e. The second kappa shape index (κ2) is 6.15.